The normalized spacial score (nSPS) is 21.5. The van der Waals surface area contributed by atoms with Crippen LogP contribution >= 0.6 is 0 Å². The van der Waals surface area contributed by atoms with E-state index < -0.39 is 0 Å². The van der Waals surface area contributed by atoms with Gasteiger partial charge in [-0.05, 0) is 12.5 Å². The molecule has 2 aromatic heterocycles. The van der Waals surface area contributed by atoms with E-state index in [0.717, 1.165) is 56.1 Å². The molecule has 2 aromatic rings. The van der Waals surface area contributed by atoms with Gasteiger partial charge in [-0.2, -0.15) is 0 Å². The van der Waals surface area contributed by atoms with Gasteiger partial charge in [0.25, 0.3) is 0 Å². The second-order valence-corrected chi connectivity index (χ2v) is 6.22. The Morgan fingerprint density at radius 3 is 3.00 bits per heavy atom. The summed E-state index contributed by atoms with van der Waals surface area (Å²) in [5.74, 6) is 0.136. The summed E-state index contributed by atoms with van der Waals surface area (Å²) in [6.45, 7) is 4.10. The largest absolute Gasteiger partial charge is 0.472 e. The van der Waals surface area contributed by atoms with Crippen LogP contribution < -0.4 is 0 Å². The minimum atomic E-state index is -0.108. The third-order valence-electron chi connectivity index (χ3n) is 4.66. The van der Waals surface area contributed by atoms with Gasteiger partial charge in [0, 0.05) is 45.3 Å². The monoisotopic (exact) mass is 300 g/mol. The summed E-state index contributed by atoms with van der Waals surface area (Å²) in [5, 5.41) is 0. The zero-order valence-electron chi connectivity index (χ0n) is 12.7. The number of hydrogen-bond donors (Lipinski definition) is 0. The predicted octanol–water partition coefficient (Wildman–Crippen LogP) is 1.34. The Labute approximate surface area is 129 Å². The number of fused-ring (bicyclic) bond motifs is 1. The molecule has 0 aliphatic carbocycles. The second-order valence-electron chi connectivity index (χ2n) is 6.22. The van der Waals surface area contributed by atoms with E-state index in [4.69, 9.17) is 4.42 Å². The number of carbonyl (C=O) groups is 1. The summed E-state index contributed by atoms with van der Waals surface area (Å²) in [6, 6.07) is 1.97. The number of rotatable bonds is 3. The summed E-state index contributed by atoms with van der Waals surface area (Å²) in [4.78, 5) is 21.5. The first kappa shape index (κ1) is 13.6. The maximum atomic E-state index is 12.8. The first-order chi connectivity index (χ1) is 10.7. The van der Waals surface area contributed by atoms with Gasteiger partial charge in [0.05, 0.1) is 36.2 Å². The zero-order chi connectivity index (χ0) is 15.1. The van der Waals surface area contributed by atoms with E-state index in [2.05, 4.69) is 9.88 Å². The summed E-state index contributed by atoms with van der Waals surface area (Å²) in [6.07, 6.45) is 6.40. The van der Waals surface area contributed by atoms with Gasteiger partial charge in [-0.3, -0.25) is 9.69 Å². The van der Waals surface area contributed by atoms with Crippen molar-refractivity contribution in [2.75, 3.05) is 19.6 Å². The van der Waals surface area contributed by atoms with Gasteiger partial charge in [0.1, 0.15) is 0 Å². The van der Waals surface area contributed by atoms with Gasteiger partial charge < -0.3 is 13.9 Å². The molecule has 0 radical (unpaired) electrons. The van der Waals surface area contributed by atoms with Gasteiger partial charge in [-0.25, -0.2) is 4.98 Å². The van der Waals surface area contributed by atoms with Gasteiger partial charge in [0.2, 0.25) is 5.91 Å². The standard InChI is InChI=1S/C16H20N4O2/c1-18-11-17-14-9-19(7-12-3-6-22-10-12)8-13(15(14)18)16(21)20-4-2-5-20/h3,6,10-11,13H,2,4-5,7-9H2,1H3/t13-/m1/s1. The number of furan rings is 1. The van der Waals surface area contributed by atoms with E-state index in [1.165, 1.54) is 0 Å². The van der Waals surface area contributed by atoms with E-state index in [1.54, 1.807) is 12.5 Å². The summed E-state index contributed by atoms with van der Waals surface area (Å²) in [5.41, 5.74) is 3.24. The topological polar surface area (TPSA) is 54.5 Å². The van der Waals surface area contributed by atoms with Crippen LogP contribution in [0.2, 0.25) is 0 Å². The van der Waals surface area contributed by atoms with Crippen molar-refractivity contribution in [3.8, 4) is 0 Å². The molecule has 0 unspecified atom stereocenters. The molecule has 116 valence electrons. The lowest BCUT2D eigenvalue weighted by Crippen LogP contribution is -2.48. The molecule has 6 nitrogen and oxygen atoms in total. The van der Waals surface area contributed by atoms with Gasteiger partial charge in [-0.1, -0.05) is 0 Å². The molecule has 1 fully saturated rings. The van der Waals surface area contributed by atoms with Crippen LogP contribution in [-0.2, 0) is 24.9 Å². The fraction of sp³-hybridized carbons (Fsp3) is 0.500. The van der Waals surface area contributed by atoms with Crippen molar-refractivity contribution in [3.63, 3.8) is 0 Å². The fourth-order valence-electron chi connectivity index (χ4n) is 3.39. The number of aryl methyl sites for hydroxylation is 1. The van der Waals surface area contributed by atoms with Crippen LogP contribution in [0.5, 0.6) is 0 Å². The first-order valence-corrected chi connectivity index (χ1v) is 7.74. The quantitative estimate of drug-likeness (QED) is 0.858. The number of nitrogens with zero attached hydrogens (tertiary/aromatic N) is 4. The van der Waals surface area contributed by atoms with Crippen LogP contribution in [0.3, 0.4) is 0 Å². The van der Waals surface area contributed by atoms with Crippen LogP contribution in [-0.4, -0.2) is 44.9 Å². The maximum Gasteiger partial charge on any atom is 0.233 e. The molecule has 4 heterocycles. The molecule has 1 atom stereocenters. The highest BCUT2D eigenvalue weighted by Gasteiger charge is 2.37. The highest BCUT2D eigenvalue weighted by atomic mass is 16.3. The number of aromatic nitrogens is 2. The summed E-state index contributed by atoms with van der Waals surface area (Å²) >= 11 is 0. The molecule has 2 aliphatic heterocycles. The Hall–Kier alpha value is -2.08. The highest BCUT2D eigenvalue weighted by Crippen LogP contribution is 2.31. The molecule has 0 N–H and O–H groups in total. The van der Waals surface area contributed by atoms with E-state index in [1.807, 2.05) is 28.9 Å². The maximum absolute atomic E-state index is 12.8. The second kappa shape index (κ2) is 5.28. The lowest BCUT2D eigenvalue weighted by molar-refractivity contribution is -0.137. The Balaban J connectivity index is 1.60. The molecular weight excluding hydrogens is 280 g/mol. The van der Waals surface area contributed by atoms with Crippen LogP contribution in [0.25, 0.3) is 0 Å². The minimum Gasteiger partial charge on any atom is -0.472 e. The molecule has 22 heavy (non-hydrogen) atoms. The van der Waals surface area contributed by atoms with Crippen molar-refractivity contribution in [2.24, 2.45) is 7.05 Å². The van der Waals surface area contributed by atoms with Gasteiger partial charge >= 0.3 is 0 Å². The predicted molar refractivity (Wildman–Crippen MR) is 80.0 cm³/mol. The van der Waals surface area contributed by atoms with Crippen LogP contribution in [0.15, 0.2) is 29.3 Å². The van der Waals surface area contributed by atoms with Crippen molar-refractivity contribution >= 4 is 5.91 Å². The van der Waals surface area contributed by atoms with E-state index in [0.29, 0.717) is 0 Å². The smallest absolute Gasteiger partial charge is 0.233 e. The number of carbonyl (C=O) groups excluding carboxylic acids is 1. The molecule has 0 aromatic carbocycles. The molecule has 0 spiro atoms. The third-order valence-corrected chi connectivity index (χ3v) is 4.66. The van der Waals surface area contributed by atoms with Crippen LogP contribution in [0, 0.1) is 0 Å². The molecule has 1 saturated heterocycles. The molecule has 0 saturated carbocycles. The Morgan fingerprint density at radius 1 is 1.45 bits per heavy atom. The molecule has 4 rings (SSSR count). The highest BCUT2D eigenvalue weighted by molar-refractivity contribution is 5.84. The first-order valence-electron chi connectivity index (χ1n) is 7.74. The van der Waals surface area contributed by atoms with Crippen molar-refractivity contribution in [1.82, 2.24) is 19.4 Å². The number of imidazole rings is 1. The van der Waals surface area contributed by atoms with E-state index in [9.17, 15) is 4.79 Å². The van der Waals surface area contributed by atoms with E-state index in [-0.39, 0.29) is 11.8 Å². The van der Waals surface area contributed by atoms with Crippen LogP contribution in [0.4, 0.5) is 0 Å². The number of amides is 1. The summed E-state index contributed by atoms with van der Waals surface area (Å²) < 4.78 is 7.15. The fourth-order valence-corrected chi connectivity index (χ4v) is 3.39. The molecule has 1 amide bonds. The van der Waals surface area contributed by atoms with Crippen LogP contribution in [0.1, 0.15) is 29.3 Å². The van der Waals surface area contributed by atoms with Crippen molar-refractivity contribution < 1.29 is 9.21 Å². The third kappa shape index (κ3) is 2.23. The Kier molecular flexibility index (Phi) is 3.26. The van der Waals surface area contributed by atoms with Gasteiger partial charge in [0.15, 0.2) is 0 Å². The number of hydrogen-bond acceptors (Lipinski definition) is 4. The Morgan fingerprint density at radius 2 is 2.32 bits per heavy atom. The molecule has 2 aliphatic rings. The zero-order valence-corrected chi connectivity index (χ0v) is 12.7. The lowest BCUT2D eigenvalue weighted by Gasteiger charge is -2.38. The van der Waals surface area contributed by atoms with Crippen molar-refractivity contribution in [2.45, 2.75) is 25.4 Å². The molecular formula is C16H20N4O2. The minimum absolute atomic E-state index is 0.108. The summed E-state index contributed by atoms with van der Waals surface area (Å²) in [7, 11) is 1.98. The average molecular weight is 300 g/mol. The lowest BCUT2D eigenvalue weighted by atomic mass is 9.95. The molecule has 6 heteroatoms. The molecule has 0 bridgehead atoms. The average Bonchev–Trinajstić information content (AvgIpc) is 3.07. The van der Waals surface area contributed by atoms with Crippen molar-refractivity contribution in [1.29, 1.82) is 0 Å². The SMILES string of the molecule is Cn1cnc2c1[C@H](C(=O)N1CCC1)CN(Cc1ccoc1)C2. The number of likely N-dealkylation sites (tertiary alicyclic amines) is 1. The van der Waals surface area contributed by atoms with Gasteiger partial charge in [-0.15, -0.1) is 0 Å². The Bertz CT molecular complexity index is 672. The van der Waals surface area contributed by atoms with E-state index >= 15 is 0 Å². The van der Waals surface area contributed by atoms with Crippen molar-refractivity contribution in [3.05, 3.63) is 41.9 Å².